The van der Waals surface area contributed by atoms with E-state index in [4.69, 9.17) is 27.1 Å². The van der Waals surface area contributed by atoms with Crippen molar-refractivity contribution >= 4 is 110 Å². The van der Waals surface area contributed by atoms with Gasteiger partial charge < -0.3 is 37.4 Å². The highest BCUT2D eigenvalue weighted by atomic mass is 79.9. The van der Waals surface area contributed by atoms with E-state index < -0.39 is 10.8 Å². The number of para-hydroxylation sites is 4. The molecule has 0 bridgehead atoms. The average Bonchev–Trinajstić information content (AvgIpc) is 1.53. The molecule has 8 nitrogen and oxygen atoms in total. The highest BCUT2D eigenvalue weighted by Crippen LogP contribution is 2.66. The van der Waals surface area contributed by atoms with Gasteiger partial charge in [0.25, 0.3) is 0 Å². The summed E-state index contributed by atoms with van der Waals surface area (Å²) in [5.74, 6) is 4.91. The predicted molar refractivity (Wildman–Crippen MR) is 451 cm³/mol. The summed E-state index contributed by atoms with van der Waals surface area (Å²) in [6, 6.07) is 131. The predicted octanol–water partition coefficient (Wildman–Crippen LogP) is 28.6. The van der Waals surface area contributed by atoms with E-state index >= 15 is 0 Å². The van der Waals surface area contributed by atoms with E-state index in [1.54, 1.807) is 0 Å². The number of halogens is 1. The number of nitrogens with one attached hydrogen (secondary N) is 1. The molecule has 20 aromatic rings. The molecule has 0 unspecified atom stereocenters. The third kappa shape index (κ3) is 10.1. The summed E-state index contributed by atoms with van der Waals surface area (Å²) in [5, 5.41) is 9.85. The molecule has 2 aliphatic carbocycles. The number of nitrogens with zero attached hydrogens (tertiary/aromatic N) is 1. The van der Waals surface area contributed by atoms with Crippen LogP contribution in [0.1, 0.15) is 44.9 Å². The lowest BCUT2D eigenvalue weighted by Crippen LogP contribution is -2.31. The SMILES string of the molecule is Brc1ccc2oc3c(c2c1)Oc1ccccc1C31c2ccccc2-c2ccccc21.c1ccc(-c2ccc(N(c3ccc4c(c3)oc3ccccc34)c3ccc4oc5c(c4c3)Oc3ccccc3C53c4ccccc4-c4ccccc43)cc2)cc1.c1ccc(-c2ccc(Nc3ccc4c(c3)oc3ccccc34)cc2)cc1. The first-order valence-electron chi connectivity index (χ1n) is 37.3. The Bertz CT molecular complexity index is 7000. The Labute approximate surface area is 647 Å². The smallest absolute Gasteiger partial charge is 0.178 e. The van der Waals surface area contributed by atoms with Crippen molar-refractivity contribution in [2.24, 2.45) is 0 Å². The quantitative estimate of drug-likeness (QED) is 0.169. The zero-order valence-corrected chi connectivity index (χ0v) is 61.2. The van der Waals surface area contributed by atoms with Crippen LogP contribution < -0.4 is 19.7 Å². The molecule has 4 aromatic heterocycles. The monoisotopic (exact) mass is 1490 g/mol. The van der Waals surface area contributed by atoms with Gasteiger partial charge in [0.2, 0.25) is 0 Å². The maximum Gasteiger partial charge on any atom is 0.178 e. The van der Waals surface area contributed by atoms with Gasteiger partial charge >= 0.3 is 0 Å². The minimum atomic E-state index is -0.671. The molecule has 2 spiro atoms. The summed E-state index contributed by atoms with van der Waals surface area (Å²) in [6.45, 7) is 0. The maximum absolute atomic E-state index is 7.04. The number of fused-ring (bicyclic) bond motifs is 28. The fourth-order valence-electron chi connectivity index (χ4n) is 17.8. The fraction of sp³-hybridized carbons (Fsp3) is 0.0196. The number of furan rings is 4. The van der Waals surface area contributed by atoms with Gasteiger partial charge in [-0.1, -0.05) is 271 Å². The van der Waals surface area contributed by atoms with Crippen molar-refractivity contribution in [2.75, 3.05) is 10.2 Å². The summed E-state index contributed by atoms with van der Waals surface area (Å²) >= 11 is 3.61. The molecule has 6 heterocycles. The van der Waals surface area contributed by atoms with Crippen LogP contribution in [-0.4, -0.2) is 0 Å². The molecular formula is C102H63BrN2O6. The third-order valence-electron chi connectivity index (χ3n) is 22.6. The fourth-order valence-corrected chi connectivity index (χ4v) is 18.1. The van der Waals surface area contributed by atoms with Crippen LogP contribution in [0.5, 0.6) is 23.0 Å². The minimum Gasteiger partial charge on any atom is -0.456 e. The van der Waals surface area contributed by atoms with E-state index in [9.17, 15) is 0 Å². The molecule has 1 N–H and O–H groups in total. The Morgan fingerprint density at radius 2 is 0.604 bits per heavy atom. The van der Waals surface area contributed by atoms with E-state index in [1.165, 1.54) is 61.2 Å². The van der Waals surface area contributed by atoms with Gasteiger partial charge in [0.05, 0.1) is 10.8 Å². The maximum atomic E-state index is 7.04. The van der Waals surface area contributed by atoms with Gasteiger partial charge in [0.15, 0.2) is 23.0 Å². The molecule has 0 radical (unpaired) electrons. The topological polar surface area (TPSA) is 86.3 Å². The van der Waals surface area contributed by atoms with Gasteiger partial charge in [-0.25, -0.2) is 0 Å². The first-order chi connectivity index (χ1) is 54.9. The number of rotatable bonds is 7. The Morgan fingerprint density at radius 1 is 0.243 bits per heavy atom. The van der Waals surface area contributed by atoms with Crippen LogP contribution in [0.25, 0.3) is 110 Å². The number of hydrogen-bond donors (Lipinski definition) is 1. The van der Waals surface area contributed by atoms with Crippen molar-refractivity contribution in [1.29, 1.82) is 0 Å². The third-order valence-corrected chi connectivity index (χ3v) is 23.1. The molecule has 9 heteroatoms. The van der Waals surface area contributed by atoms with Crippen LogP contribution in [0.15, 0.2) is 398 Å². The Hall–Kier alpha value is -14.1. The van der Waals surface area contributed by atoms with Crippen molar-refractivity contribution in [3.63, 3.8) is 0 Å². The van der Waals surface area contributed by atoms with Crippen molar-refractivity contribution in [2.45, 2.75) is 10.8 Å². The van der Waals surface area contributed by atoms with Crippen LogP contribution in [-0.2, 0) is 10.8 Å². The average molecular weight is 1490 g/mol. The Balaban J connectivity index is 0.000000113. The van der Waals surface area contributed by atoms with Crippen molar-refractivity contribution in [3.8, 4) is 67.5 Å². The van der Waals surface area contributed by atoms with E-state index in [-0.39, 0.29) is 0 Å². The number of anilines is 5. The zero-order chi connectivity index (χ0) is 73.3. The van der Waals surface area contributed by atoms with Crippen molar-refractivity contribution in [3.05, 3.63) is 425 Å². The minimum absolute atomic E-state index is 0.539. The second-order valence-corrected chi connectivity index (χ2v) is 29.5. The normalized spacial score (nSPS) is 13.2. The summed E-state index contributed by atoms with van der Waals surface area (Å²) in [7, 11) is 0. The molecular weight excluding hydrogens is 1430 g/mol. The molecule has 0 atom stereocenters. The van der Waals surface area contributed by atoms with E-state index in [2.05, 4.69) is 336 Å². The van der Waals surface area contributed by atoms with E-state index in [0.29, 0.717) is 0 Å². The van der Waals surface area contributed by atoms with Crippen molar-refractivity contribution < 1.29 is 27.1 Å². The van der Waals surface area contributed by atoms with Crippen LogP contribution in [0.4, 0.5) is 28.4 Å². The van der Waals surface area contributed by atoms with Crippen LogP contribution in [0, 0.1) is 0 Å². The van der Waals surface area contributed by atoms with Gasteiger partial charge in [-0.05, 0) is 176 Å². The second-order valence-electron chi connectivity index (χ2n) is 28.6. The lowest BCUT2D eigenvalue weighted by molar-refractivity contribution is 0.389. The first kappa shape index (κ1) is 64.1. The molecule has 0 saturated heterocycles. The molecule has 0 fully saturated rings. The largest absolute Gasteiger partial charge is 0.456 e. The number of hydrogen-bond acceptors (Lipinski definition) is 8. The standard InChI is InChI=1S/C51H31NO3.C27H15BrO2.C24H17NO/c1-2-12-32(13-3-1)33-22-24-34(25-23-33)52(36-26-28-40-39-16-6-10-20-45(39)53-48(40)31-36)35-27-29-46-41(30-35)49-50(55-46)51(44-19-9-11-21-47(44)54-49)42-17-7-4-14-37(42)38-15-5-8-18-43(38)51;28-16-13-14-23-19(15-16)25-26(30-23)27(22-11-5-6-12-24(22)29-25)20-9-3-1-7-17(20)18-8-2-4-10-21(18)27;1-2-6-17(7-3-1)18-10-12-19(13-11-18)25-20-14-15-22-21-8-4-5-9-23(21)26-24(22)16-20/h1-31H;1-15H;1-16,25H. The van der Waals surface area contributed by atoms with Crippen LogP contribution >= 0.6 is 15.9 Å². The molecule has 2 aliphatic heterocycles. The summed E-state index contributed by atoms with van der Waals surface area (Å²) in [4.78, 5) is 2.28. The summed E-state index contributed by atoms with van der Waals surface area (Å²) < 4.78 is 40.4. The zero-order valence-electron chi connectivity index (χ0n) is 59.6. The molecule has 524 valence electrons. The highest BCUT2D eigenvalue weighted by Gasteiger charge is 2.56. The number of benzene rings is 16. The first-order valence-corrected chi connectivity index (χ1v) is 38.1. The van der Waals surface area contributed by atoms with E-state index in [1.807, 2.05) is 66.7 Å². The molecule has 24 rings (SSSR count). The molecule has 111 heavy (non-hydrogen) atoms. The Kier molecular flexibility index (Phi) is 14.7. The second kappa shape index (κ2) is 25.5. The molecule has 16 aromatic carbocycles. The summed E-state index contributed by atoms with van der Waals surface area (Å²) in [6.07, 6.45) is 0. The van der Waals surface area contributed by atoms with Crippen LogP contribution in [0.2, 0.25) is 0 Å². The van der Waals surface area contributed by atoms with Crippen molar-refractivity contribution in [1.82, 2.24) is 0 Å². The lowest BCUT2D eigenvalue weighted by Gasteiger charge is -2.36. The van der Waals surface area contributed by atoms with Gasteiger partial charge in [-0.3, -0.25) is 0 Å². The molecule has 4 aliphatic rings. The van der Waals surface area contributed by atoms with Crippen LogP contribution in [0.3, 0.4) is 0 Å². The van der Waals surface area contributed by atoms with Gasteiger partial charge in [0.1, 0.15) is 55.8 Å². The highest BCUT2D eigenvalue weighted by molar-refractivity contribution is 9.10. The number of ether oxygens (including phenoxy) is 2. The summed E-state index contributed by atoms with van der Waals surface area (Å²) in [5.41, 5.74) is 25.8. The van der Waals surface area contributed by atoms with Gasteiger partial charge in [0, 0.05) is 77.7 Å². The lowest BCUT2D eigenvalue weighted by atomic mass is 9.69. The molecule has 0 amide bonds. The van der Waals surface area contributed by atoms with Gasteiger partial charge in [-0.2, -0.15) is 0 Å². The Morgan fingerprint density at radius 3 is 1.13 bits per heavy atom. The van der Waals surface area contributed by atoms with E-state index in [0.717, 1.165) is 150 Å². The molecule has 0 saturated carbocycles. The van der Waals surface area contributed by atoms with Gasteiger partial charge in [-0.15, -0.1) is 0 Å².